The molecule has 1 atom stereocenters. The van der Waals surface area contributed by atoms with Crippen LogP contribution in [0.15, 0.2) is 28.9 Å². The van der Waals surface area contributed by atoms with E-state index in [4.69, 9.17) is 16.3 Å². The van der Waals surface area contributed by atoms with Crippen molar-refractivity contribution in [2.75, 3.05) is 4.90 Å². The Labute approximate surface area is 144 Å². The van der Waals surface area contributed by atoms with E-state index >= 15 is 0 Å². The highest BCUT2D eigenvalue weighted by molar-refractivity contribution is 9.10. The predicted octanol–water partition coefficient (Wildman–Crippen LogP) is 4.09. The van der Waals surface area contributed by atoms with Gasteiger partial charge in [-0.15, -0.1) is 0 Å². The van der Waals surface area contributed by atoms with Crippen LogP contribution in [0.4, 0.5) is 14.5 Å². The van der Waals surface area contributed by atoms with E-state index in [0.717, 1.165) is 6.07 Å². The number of carbonyl (C=O) groups excluding carboxylic acids is 1. The molecule has 0 aliphatic carbocycles. The van der Waals surface area contributed by atoms with Gasteiger partial charge in [-0.1, -0.05) is 11.6 Å². The van der Waals surface area contributed by atoms with Gasteiger partial charge in [-0.3, -0.25) is 9.69 Å². The van der Waals surface area contributed by atoms with Crippen molar-refractivity contribution in [3.05, 3.63) is 51.1 Å². The fraction of sp³-hybridized carbons (Fsp3) is 0.200. The number of ether oxygens (including phenoxy) is 1. The highest BCUT2D eigenvalue weighted by Gasteiger charge is 2.33. The number of fused-ring (bicyclic) bond motifs is 1. The molecule has 0 spiro atoms. The van der Waals surface area contributed by atoms with E-state index in [1.807, 2.05) is 0 Å². The normalized spacial score (nSPS) is 17.0. The van der Waals surface area contributed by atoms with Crippen LogP contribution in [0.3, 0.4) is 0 Å². The summed E-state index contributed by atoms with van der Waals surface area (Å²) in [5.74, 6) is -1.53. The van der Waals surface area contributed by atoms with Crippen LogP contribution in [0.2, 0.25) is 5.02 Å². The molecule has 0 bridgehead atoms. The molecule has 1 aromatic heterocycles. The first-order valence-electron chi connectivity index (χ1n) is 6.64. The van der Waals surface area contributed by atoms with Gasteiger partial charge in [-0.2, -0.15) is 0 Å². The highest BCUT2D eigenvalue weighted by Crippen LogP contribution is 2.38. The molecule has 1 aliphatic heterocycles. The zero-order valence-electron chi connectivity index (χ0n) is 11.8. The van der Waals surface area contributed by atoms with Gasteiger partial charge in [-0.25, -0.2) is 13.8 Å². The van der Waals surface area contributed by atoms with Crippen LogP contribution in [0.25, 0.3) is 0 Å². The zero-order chi connectivity index (χ0) is 16.7. The Kier molecular flexibility index (Phi) is 4.25. The number of halogens is 4. The van der Waals surface area contributed by atoms with E-state index in [-0.39, 0.29) is 18.3 Å². The van der Waals surface area contributed by atoms with Gasteiger partial charge in [0.1, 0.15) is 21.9 Å². The van der Waals surface area contributed by atoms with E-state index in [1.165, 1.54) is 23.1 Å². The van der Waals surface area contributed by atoms with Crippen LogP contribution in [0.5, 0.6) is 5.88 Å². The molecular formula is C15H10BrClF2N2O2. The van der Waals surface area contributed by atoms with Gasteiger partial charge in [0.2, 0.25) is 5.88 Å². The van der Waals surface area contributed by atoms with Gasteiger partial charge in [0, 0.05) is 6.07 Å². The molecule has 2 aromatic rings. The molecule has 0 N–H and O–H groups in total. The Morgan fingerprint density at radius 1 is 1.30 bits per heavy atom. The van der Waals surface area contributed by atoms with Crippen molar-refractivity contribution in [2.24, 2.45) is 0 Å². The quantitative estimate of drug-likeness (QED) is 0.709. The number of hydrogen-bond acceptors (Lipinski definition) is 3. The monoisotopic (exact) mass is 402 g/mol. The molecule has 1 unspecified atom stereocenters. The topological polar surface area (TPSA) is 42.4 Å². The number of pyridine rings is 1. The Morgan fingerprint density at radius 3 is 2.61 bits per heavy atom. The summed E-state index contributed by atoms with van der Waals surface area (Å²) < 4.78 is 32.6. The second-order valence-electron chi connectivity index (χ2n) is 5.05. The lowest BCUT2D eigenvalue weighted by Crippen LogP contribution is -2.44. The molecular weight excluding hydrogens is 394 g/mol. The third kappa shape index (κ3) is 3.16. The van der Waals surface area contributed by atoms with Crippen LogP contribution in [0.1, 0.15) is 12.5 Å². The summed E-state index contributed by atoms with van der Waals surface area (Å²) in [5.41, 5.74) is 0.668. The maximum absolute atomic E-state index is 13.4. The average Bonchev–Trinajstić information content (AvgIpc) is 2.45. The second-order valence-corrected chi connectivity index (χ2v) is 6.21. The molecule has 120 valence electrons. The third-order valence-electron chi connectivity index (χ3n) is 3.34. The van der Waals surface area contributed by atoms with Crippen molar-refractivity contribution < 1.29 is 18.3 Å². The minimum Gasteiger partial charge on any atom is -0.463 e. The number of benzene rings is 1. The van der Waals surface area contributed by atoms with Gasteiger partial charge in [0.05, 0.1) is 11.6 Å². The molecule has 1 amide bonds. The van der Waals surface area contributed by atoms with E-state index in [0.29, 0.717) is 20.9 Å². The number of hydrogen-bond donors (Lipinski definition) is 0. The predicted molar refractivity (Wildman–Crippen MR) is 84.6 cm³/mol. The lowest BCUT2D eigenvalue weighted by molar-refractivity contribution is -0.125. The Bertz CT molecular complexity index is 783. The van der Waals surface area contributed by atoms with Gasteiger partial charge in [0.15, 0.2) is 6.10 Å². The molecule has 1 aromatic carbocycles. The summed E-state index contributed by atoms with van der Waals surface area (Å²) in [4.78, 5) is 17.9. The van der Waals surface area contributed by atoms with Crippen LogP contribution < -0.4 is 9.64 Å². The molecule has 8 heteroatoms. The van der Waals surface area contributed by atoms with Gasteiger partial charge in [-0.05, 0) is 46.6 Å². The fourth-order valence-electron chi connectivity index (χ4n) is 2.33. The second kappa shape index (κ2) is 6.05. The first-order valence-corrected chi connectivity index (χ1v) is 7.81. The molecule has 0 radical (unpaired) electrons. The maximum Gasteiger partial charge on any atom is 0.268 e. The largest absolute Gasteiger partial charge is 0.463 e. The minimum atomic E-state index is -0.763. The molecule has 0 saturated carbocycles. The van der Waals surface area contributed by atoms with Crippen LogP contribution in [-0.2, 0) is 11.3 Å². The summed E-state index contributed by atoms with van der Waals surface area (Å²) in [6.45, 7) is 1.56. The van der Waals surface area contributed by atoms with Gasteiger partial charge >= 0.3 is 0 Å². The van der Waals surface area contributed by atoms with Crippen molar-refractivity contribution in [1.29, 1.82) is 0 Å². The molecule has 23 heavy (non-hydrogen) atoms. The molecule has 4 nitrogen and oxygen atoms in total. The number of anilines is 1. The number of rotatable bonds is 2. The summed E-state index contributed by atoms with van der Waals surface area (Å²) in [6, 6.07) is 4.64. The maximum atomic E-state index is 13.4. The summed E-state index contributed by atoms with van der Waals surface area (Å²) in [7, 11) is 0. The molecule has 1 aliphatic rings. The lowest BCUT2D eigenvalue weighted by atomic mass is 10.1. The van der Waals surface area contributed by atoms with Crippen molar-refractivity contribution in [2.45, 2.75) is 19.6 Å². The fourth-order valence-corrected chi connectivity index (χ4v) is 2.75. The number of aromatic nitrogens is 1. The smallest absolute Gasteiger partial charge is 0.268 e. The van der Waals surface area contributed by atoms with E-state index in [1.54, 1.807) is 6.92 Å². The van der Waals surface area contributed by atoms with Crippen molar-refractivity contribution in [3.63, 3.8) is 0 Å². The molecule has 2 heterocycles. The van der Waals surface area contributed by atoms with Crippen molar-refractivity contribution in [3.8, 4) is 5.88 Å². The lowest BCUT2D eigenvalue weighted by Gasteiger charge is -2.32. The van der Waals surface area contributed by atoms with Crippen molar-refractivity contribution in [1.82, 2.24) is 4.98 Å². The molecule has 0 fully saturated rings. The van der Waals surface area contributed by atoms with Crippen molar-refractivity contribution >= 4 is 39.1 Å². The molecule has 0 saturated heterocycles. The van der Waals surface area contributed by atoms with E-state index < -0.39 is 17.7 Å². The Balaban J connectivity index is 2.04. The minimum absolute atomic E-state index is 0.0200. The average molecular weight is 404 g/mol. The SMILES string of the molecule is CC1Oc2nc(Br)c(Cl)cc2N(Cc2cc(F)cc(F)c2)C1=O. The first-order chi connectivity index (χ1) is 10.8. The Hall–Kier alpha value is -1.73. The summed E-state index contributed by atoms with van der Waals surface area (Å²) in [6.07, 6.45) is -0.763. The van der Waals surface area contributed by atoms with Crippen LogP contribution in [-0.4, -0.2) is 17.0 Å². The standard InChI is InChI=1S/C15H10BrClF2N2O2/c1-7-15(22)21(6-8-2-9(18)4-10(19)3-8)12-5-11(17)13(16)20-14(12)23-7/h2-5,7H,6H2,1H3. The zero-order valence-corrected chi connectivity index (χ0v) is 14.2. The van der Waals surface area contributed by atoms with E-state index in [2.05, 4.69) is 20.9 Å². The molecule has 3 rings (SSSR count). The summed E-state index contributed by atoms with van der Waals surface area (Å²) in [5, 5.41) is 0.296. The number of amides is 1. The van der Waals surface area contributed by atoms with Crippen LogP contribution in [0, 0.1) is 11.6 Å². The summed E-state index contributed by atoms with van der Waals surface area (Å²) >= 11 is 9.22. The van der Waals surface area contributed by atoms with E-state index in [9.17, 15) is 13.6 Å². The highest BCUT2D eigenvalue weighted by atomic mass is 79.9. The third-order valence-corrected chi connectivity index (χ3v) is 4.46. The van der Waals surface area contributed by atoms with Crippen LogP contribution >= 0.6 is 27.5 Å². The first kappa shape index (κ1) is 16.1. The number of carbonyl (C=O) groups is 1. The number of nitrogens with zero attached hydrogens (tertiary/aromatic N) is 2. The van der Waals surface area contributed by atoms with Gasteiger partial charge < -0.3 is 4.74 Å². The van der Waals surface area contributed by atoms with Gasteiger partial charge in [0.25, 0.3) is 5.91 Å². The Morgan fingerprint density at radius 2 is 1.96 bits per heavy atom.